The number of rotatable bonds is 6. The molecule has 3 rings (SSSR count). The Bertz CT molecular complexity index is 945. The predicted molar refractivity (Wildman–Crippen MR) is 106 cm³/mol. The van der Waals surface area contributed by atoms with Crippen LogP contribution in [0.5, 0.6) is 0 Å². The predicted octanol–water partition coefficient (Wildman–Crippen LogP) is 2.85. The summed E-state index contributed by atoms with van der Waals surface area (Å²) in [5, 5.41) is 2.78. The van der Waals surface area contributed by atoms with Crippen LogP contribution in [-0.2, 0) is 14.8 Å². The van der Waals surface area contributed by atoms with Crippen molar-refractivity contribution in [1.29, 1.82) is 0 Å². The van der Waals surface area contributed by atoms with Crippen molar-refractivity contribution in [3.8, 4) is 0 Å². The summed E-state index contributed by atoms with van der Waals surface area (Å²) in [5.74, 6) is -0.494. The fourth-order valence-electron chi connectivity index (χ4n) is 3.41. The average molecular weight is 405 g/mol. The summed E-state index contributed by atoms with van der Waals surface area (Å²) in [7, 11) is -0.641. The number of sulfonamides is 1. The second-order valence-electron chi connectivity index (χ2n) is 7.04. The Morgan fingerprint density at radius 3 is 2.61 bits per heavy atom. The molecule has 0 saturated carbocycles. The van der Waals surface area contributed by atoms with Crippen LogP contribution in [0.3, 0.4) is 0 Å². The van der Waals surface area contributed by atoms with Gasteiger partial charge in [0.15, 0.2) is 0 Å². The first-order valence-electron chi connectivity index (χ1n) is 9.09. The maximum absolute atomic E-state index is 13.2. The van der Waals surface area contributed by atoms with Crippen LogP contribution in [0.2, 0.25) is 0 Å². The Hall–Kier alpha value is -2.29. The van der Waals surface area contributed by atoms with Gasteiger partial charge >= 0.3 is 0 Å². The summed E-state index contributed by atoms with van der Waals surface area (Å²) >= 11 is 0. The van der Waals surface area contributed by atoms with Gasteiger partial charge in [-0.15, -0.1) is 0 Å². The van der Waals surface area contributed by atoms with E-state index in [1.165, 1.54) is 38.4 Å². The van der Waals surface area contributed by atoms with Crippen molar-refractivity contribution >= 4 is 21.6 Å². The van der Waals surface area contributed by atoms with E-state index in [0.717, 1.165) is 29.3 Å². The molecule has 8 heteroatoms. The standard InChI is InChI=1S/C20H24FN3O3S/c1-23(2)28(26,27)18-6-3-5-17(13-18)22-20(25)14-24-12-4-7-19(24)15-8-10-16(21)11-9-15/h3,5-6,8-11,13,19H,4,7,12,14H2,1-2H3,(H,22,25). The maximum atomic E-state index is 13.2. The largest absolute Gasteiger partial charge is 0.325 e. The Kier molecular flexibility index (Phi) is 6.12. The first kappa shape index (κ1) is 20.4. The van der Waals surface area contributed by atoms with E-state index in [0.29, 0.717) is 5.69 Å². The zero-order valence-electron chi connectivity index (χ0n) is 15.9. The fourth-order valence-corrected chi connectivity index (χ4v) is 4.36. The van der Waals surface area contributed by atoms with Crippen molar-refractivity contribution in [3.63, 3.8) is 0 Å². The van der Waals surface area contributed by atoms with Crippen LogP contribution < -0.4 is 5.32 Å². The van der Waals surface area contributed by atoms with Gasteiger partial charge in [-0.25, -0.2) is 17.1 Å². The normalized spacial score (nSPS) is 17.8. The van der Waals surface area contributed by atoms with Crippen LogP contribution >= 0.6 is 0 Å². The Morgan fingerprint density at radius 2 is 1.93 bits per heavy atom. The summed E-state index contributed by atoms with van der Waals surface area (Å²) in [6.45, 7) is 0.969. The monoisotopic (exact) mass is 405 g/mol. The molecule has 1 heterocycles. The van der Waals surface area contributed by atoms with E-state index in [9.17, 15) is 17.6 Å². The first-order chi connectivity index (χ1) is 13.3. The van der Waals surface area contributed by atoms with Crippen molar-refractivity contribution in [2.24, 2.45) is 0 Å². The molecule has 0 spiro atoms. The highest BCUT2D eigenvalue weighted by atomic mass is 32.2. The molecule has 1 amide bonds. The van der Waals surface area contributed by atoms with Crippen LogP contribution in [0.15, 0.2) is 53.4 Å². The zero-order valence-corrected chi connectivity index (χ0v) is 16.7. The van der Waals surface area contributed by atoms with Gasteiger partial charge in [0.2, 0.25) is 15.9 Å². The van der Waals surface area contributed by atoms with E-state index in [2.05, 4.69) is 10.2 Å². The summed E-state index contributed by atoms with van der Waals surface area (Å²) in [5.41, 5.74) is 1.43. The molecule has 1 N–H and O–H groups in total. The lowest BCUT2D eigenvalue weighted by atomic mass is 10.0. The summed E-state index contributed by atoms with van der Waals surface area (Å²) in [6.07, 6.45) is 1.88. The molecule has 0 aromatic heterocycles. The van der Waals surface area contributed by atoms with E-state index in [4.69, 9.17) is 0 Å². The molecular weight excluding hydrogens is 381 g/mol. The summed E-state index contributed by atoms with van der Waals surface area (Å²) < 4.78 is 38.8. The minimum absolute atomic E-state index is 0.0757. The van der Waals surface area contributed by atoms with Crippen molar-refractivity contribution in [2.45, 2.75) is 23.8 Å². The SMILES string of the molecule is CN(C)S(=O)(=O)c1cccc(NC(=O)CN2CCCC2c2ccc(F)cc2)c1. The Labute approximate surface area is 165 Å². The molecule has 150 valence electrons. The third-order valence-electron chi connectivity index (χ3n) is 4.86. The summed E-state index contributed by atoms with van der Waals surface area (Å²) in [6, 6.07) is 12.7. The molecular formula is C20H24FN3O3S. The number of nitrogens with one attached hydrogen (secondary N) is 1. The zero-order chi connectivity index (χ0) is 20.3. The molecule has 1 atom stereocenters. The van der Waals surface area contributed by atoms with Crippen molar-refractivity contribution in [1.82, 2.24) is 9.21 Å². The molecule has 1 saturated heterocycles. The molecule has 6 nitrogen and oxygen atoms in total. The quantitative estimate of drug-likeness (QED) is 0.802. The molecule has 0 bridgehead atoms. The minimum Gasteiger partial charge on any atom is -0.325 e. The van der Waals surface area contributed by atoms with Crippen LogP contribution in [0.4, 0.5) is 10.1 Å². The van der Waals surface area contributed by atoms with Gasteiger partial charge in [-0.3, -0.25) is 9.69 Å². The number of carbonyl (C=O) groups is 1. The number of amides is 1. The van der Waals surface area contributed by atoms with Crippen molar-refractivity contribution in [3.05, 3.63) is 59.9 Å². The van der Waals surface area contributed by atoms with Gasteiger partial charge in [0.1, 0.15) is 5.82 Å². The molecule has 1 unspecified atom stereocenters. The summed E-state index contributed by atoms with van der Waals surface area (Å²) in [4.78, 5) is 14.7. The molecule has 0 radical (unpaired) electrons. The molecule has 1 fully saturated rings. The highest BCUT2D eigenvalue weighted by Crippen LogP contribution is 2.31. The molecule has 1 aliphatic heterocycles. The van der Waals surface area contributed by atoms with Gasteiger partial charge in [-0.05, 0) is 55.3 Å². The third-order valence-corrected chi connectivity index (χ3v) is 6.67. The topological polar surface area (TPSA) is 69.7 Å². The number of halogens is 1. The van der Waals surface area contributed by atoms with Crippen molar-refractivity contribution in [2.75, 3.05) is 32.5 Å². The molecule has 2 aromatic rings. The molecule has 0 aliphatic carbocycles. The second kappa shape index (κ2) is 8.38. The number of carbonyl (C=O) groups excluding carboxylic acids is 1. The van der Waals surface area contributed by atoms with Gasteiger partial charge in [0.05, 0.1) is 11.4 Å². The molecule has 2 aromatic carbocycles. The average Bonchev–Trinajstić information content (AvgIpc) is 3.10. The number of anilines is 1. The Morgan fingerprint density at radius 1 is 1.21 bits per heavy atom. The van der Waals surface area contributed by atoms with Gasteiger partial charge < -0.3 is 5.32 Å². The fraction of sp³-hybridized carbons (Fsp3) is 0.350. The molecule has 28 heavy (non-hydrogen) atoms. The van der Waals surface area contributed by atoms with Crippen molar-refractivity contribution < 1.29 is 17.6 Å². The van der Waals surface area contributed by atoms with Gasteiger partial charge in [0, 0.05) is 25.8 Å². The highest BCUT2D eigenvalue weighted by Gasteiger charge is 2.27. The lowest BCUT2D eigenvalue weighted by Crippen LogP contribution is -2.33. The van der Waals surface area contributed by atoms with Crippen LogP contribution in [-0.4, -0.2) is 50.7 Å². The number of benzene rings is 2. The lowest BCUT2D eigenvalue weighted by Gasteiger charge is -2.24. The number of nitrogens with zero attached hydrogens (tertiary/aromatic N) is 2. The number of likely N-dealkylation sites (tertiary alicyclic amines) is 1. The van der Waals surface area contributed by atoms with Crippen LogP contribution in [0.25, 0.3) is 0 Å². The van der Waals surface area contributed by atoms with E-state index >= 15 is 0 Å². The van der Waals surface area contributed by atoms with E-state index in [1.54, 1.807) is 24.3 Å². The van der Waals surface area contributed by atoms with Gasteiger partial charge in [-0.1, -0.05) is 18.2 Å². The number of hydrogen-bond donors (Lipinski definition) is 1. The van der Waals surface area contributed by atoms with Crippen LogP contribution in [0.1, 0.15) is 24.4 Å². The first-order valence-corrected chi connectivity index (χ1v) is 10.5. The molecule has 1 aliphatic rings. The third kappa shape index (κ3) is 4.57. The smallest absolute Gasteiger partial charge is 0.242 e. The van der Waals surface area contributed by atoms with E-state index in [-0.39, 0.29) is 29.2 Å². The second-order valence-corrected chi connectivity index (χ2v) is 9.20. The highest BCUT2D eigenvalue weighted by molar-refractivity contribution is 7.89. The maximum Gasteiger partial charge on any atom is 0.242 e. The van der Waals surface area contributed by atoms with Gasteiger partial charge in [-0.2, -0.15) is 0 Å². The van der Waals surface area contributed by atoms with Gasteiger partial charge in [0.25, 0.3) is 0 Å². The lowest BCUT2D eigenvalue weighted by molar-refractivity contribution is -0.117. The van der Waals surface area contributed by atoms with E-state index in [1.807, 2.05) is 0 Å². The Balaban J connectivity index is 1.68. The van der Waals surface area contributed by atoms with Crippen LogP contribution in [0, 0.1) is 5.82 Å². The minimum atomic E-state index is -3.56. The van der Waals surface area contributed by atoms with E-state index < -0.39 is 10.0 Å². The number of hydrogen-bond acceptors (Lipinski definition) is 4.